The van der Waals surface area contributed by atoms with E-state index in [1.165, 1.54) is 16.4 Å². The van der Waals surface area contributed by atoms with Crippen LogP contribution in [0.2, 0.25) is 0 Å². The fraction of sp³-hybridized carbons (Fsp3) is 0.500. The van der Waals surface area contributed by atoms with Gasteiger partial charge in [-0.05, 0) is 19.4 Å². The van der Waals surface area contributed by atoms with Crippen LogP contribution in [0, 0.1) is 10.1 Å². The fourth-order valence-corrected chi connectivity index (χ4v) is 3.12. The fourth-order valence-electron chi connectivity index (χ4n) is 1.71. The Morgan fingerprint density at radius 1 is 1.30 bits per heavy atom. The number of nitrogens with one attached hydrogen (secondary N) is 1. The zero-order valence-corrected chi connectivity index (χ0v) is 12.6. The lowest BCUT2D eigenvalue weighted by Crippen LogP contribution is -2.43. The molecule has 8 heteroatoms. The van der Waals surface area contributed by atoms with Crippen molar-refractivity contribution in [2.45, 2.75) is 33.4 Å². The van der Waals surface area contributed by atoms with Crippen molar-refractivity contribution in [3.05, 3.63) is 39.9 Å². The van der Waals surface area contributed by atoms with Crippen molar-refractivity contribution in [3.63, 3.8) is 0 Å². The van der Waals surface area contributed by atoms with Gasteiger partial charge in [0.1, 0.15) is 0 Å². The lowest BCUT2D eigenvalue weighted by atomic mass is 10.2. The van der Waals surface area contributed by atoms with E-state index in [0.717, 1.165) is 0 Å². The Labute approximate surface area is 118 Å². The number of non-ortho nitro benzene ring substituents is 1. The molecule has 0 aliphatic carbocycles. The highest BCUT2D eigenvalue weighted by atomic mass is 32.2. The first kappa shape index (κ1) is 16.5. The summed E-state index contributed by atoms with van der Waals surface area (Å²) in [5.41, 5.74) is 0.685. The van der Waals surface area contributed by atoms with Crippen LogP contribution in [0.5, 0.6) is 0 Å². The van der Waals surface area contributed by atoms with Gasteiger partial charge < -0.3 is 0 Å². The molecule has 0 aliphatic rings. The van der Waals surface area contributed by atoms with Crippen molar-refractivity contribution in [2.24, 2.45) is 0 Å². The van der Waals surface area contributed by atoms with Crippen molar-refractivity contribution in [3.8, 4) is 0 Å². The zero-order valence-electron chi connectivity index (χ0n) is 11.7. The number of benzene rings is 1. The van der Waals surface area contributed by atoms with Crippen LogP contribution in [-0.4, -0.2) is 30.2 Å². The van der Waals surface area contributed by atoms with Gasteiger partial charge in [-0.25, -0.2) is 4.72 Å². The van der Waals surface area contributed by atoms with E-state index >= 15 is 0 Å². The molecule has 0 heterocycles. The van der Waals surface area contributed by atoms with E-state index in [9.17, 15) is 18.5 Å². The minimum atomic E-state index is -3.55. The normalized spacial score (nSPS) is 12.1. The number of nitrogens with zero attached hydrogens (tertiary/aromatic N) is 2. The minimum Gasteiger partial charge on any atom is -0.258 e. The summed E-state index contributed by atoms with van der Waals surface area (Å²) in [6.45, 7) is 5.75. The van der Waals surface area contributed by atoms with Crippen LogP contribution >= 0.6 is 0 Å². The molecule has 1 N–H and O–H groups in total. The van der Waals surface area contributed by atoms with E-state index in [-0.39, 0.29) is 18.3 Å². The van der Waals surface area contributed by atoms with Gasteiger partial charge in [-0.2, -0.15) is 12.7 Å². The van der Waals surface area contributed by atoms with Gasteiger partial charge in [0.05, 0.1) is 4.92 Å². The minimum absolute atomic E-state index is 0.0145. The summed E-state index contributed by atoms with van der Waals surface area (Å²) in [7, 11) is -3.55. The summed E-state index contributed by atoms with van der Waals surface area (Å²) in [6, 6.07) is 5.65. The first-order chi connectivity index (χ1) is 9.27. The van der Waals surface area contributed by atoms with Gasteiger partial charge in [0.25, 0.3) is 15.9 Å². The summed E-state index contributed by atoms with van der Waals surface area (Å²) in [4.78, 5) is 10.1. The number of nitro benzene ring substituents is 1. The molecule has 0 aromatic heterocycles. The Kier molecular flexibility index (Phi) is 5.61. The second kappa shape index (κ2) is 6.78. The lowest BCUT2D eigenvalue weighted by Gasteiger charge is -2.25. The van der Waals surface area contributed by atoms with Gasteiger partial charge in [-0.3, -0.25) is 10.1 Å². The predicted molar refractivity (Wildman–Crippen MR) is 76.4 cm³/mol. The molecule has 0 bridgehead atoms. The van der Waals surface area contributed by atoms with Crippen molar-refractivity contribution in [2.75, 3.05) is 6.54 Å². The molecule has 112 valence electrons. The molecule has 0 aliphatic heterocycles. The number of hydrogen-bond donors (Lipinski definition) is 1. The van der Waals surface area contributed by atoms with Gasteiger partial charge in [0.15, 0.2) is 0 Å². The third-order valence-electron chi connectivity index (χ3n) is 2.70. The maximum absolute atomic E-state index is 12.1. The Morgan fingerprint density at radius 3 is 2.25 bits per heavy atom. The molecule has 0 radical (unpaired) electrons. The van der Waals surface area contributed by atoms with E-state index in [0.29, 0.717) is 12.1 Å². The molecule has 0 atom stereocenters. The third kappa shape index (κ3) is 4.26. The smallest absolute Gasteiger partial charge is 0.258 e. The van der Waals surface area contributed by atoms with Crippen LogP contribution in [0.3, 0.4) is 0 Å². The molecular formula is C12H19N3O4S. The van der Waals surface area contributed by atoms with Crippen molar-refractivity contribution >= 4 is 15.9 Å². The average molecular weight is 301 g/mol. The van der Waals surface area contributed by atoms with E-state index in [1.54, 1.807) is 32.9 Å². The second-order valence-corrected chi connectivity index (χ2v) is 6.27. The molecule has 1 aromatic carbocycles. The van der Waals surface area contributed by atoms with Gasteiger partial charge in [0.2, 0.25) is 0 Å². The van der Waals surface area contributed by atoms with Gasteiger partial charge in [0, 0.05) is 31.3 Å². The van der Waals surface area contributed by atoms with Crippen molar-refractivity contribution < 1.29 is 13.3 Å². The molecule has 0 saturated carbocycles. The standard InChI is InChI=1S/C12H19N3O4S/c1-4-13-20(18,19)14(10(2)3)9-11-5-7-12(8-6-11)15(16)17/h5-8,10,13H,4,9H2,1-3H3. The Hall–Kier alpha value is -1.51. The van der Waals surface area contributed by atoms with Crippen LogP contribution in [0.25, 0.3) is 0 Å². The Morgan fingerprint density at radius 2 is 1.85 bits per heavy atom. The highest BCUT2D eigenvalue weighted by molar-refractivity contribution is 7.87. The van der Waals surface area contributed by atoms with Gasteiger partial charge >= 0.3 is 0 Å². The quantitative estimate of drug-likeness (QED) is 0.612. The summed E-state index contributed by atoms with van der Waals surface area (Å²) in [5, 5.41) is 10.6. The van der Waals surface area contributed by atoms with E-state index in [4.69, 9.17) is 0 Å². The Balaban J connectivity index is 2.94. The predicted octanol–water partition coefficient (Wildman–Crippen LogP) is 1.66. The maximum atomic E-state index is 12.1. The highest BCUT2D eigenvalue weighted by Gasteiger charge is 2.24. The molecule has 0 unspecified atom stereocenters. The number of nitro groups is 1. The van der Waals surface area contributed by atoms with E-state index in [2.05, 4.69) is 4.72 Å². The first-order valence-electron chi connectivity index (χ1n) is 6.27. The van der Waals surface area contributed by atoms with Gasteiger partial charge in [-0.15, -0.1) is 0 Å². The molecule has 0 amide bonds. The largest absolute Gasteiger partial charge is 0.279 e. The third-order valence-corrected chi connectivity index (χ3v) is 4.52. The van der Waals surface area contributed by atoms with Crippen LogP contribution < -0.4 is 4.72 Å². The summed E-state index contributed by atoms with van der Waals surface area (Å²) in [6.07, 6.45) is 0. The van der Waals surface area contributed by atoms with Crippen LogP contribution in [0.15, 0.2) is 24.3 Å². The molecule has 0 spiro atoms. The van der Waals surface area contributed by atoms with E-state index in [1.807, 2.05) is 0 Å². The highest BCUT2D eigenvalue weighted by Crippen LogP contribution is 2.16. The van der Waals surface area contributed by atoms with E-state index < -0.39 is 15.1 Å². The molecule has 0 fully saturated rings. The molecule has 0 saturated heterocycles. The topological polar surface area (TPSA) is 92.6 Å². The molecule has 20 heavy (non-hydrogen) atoms. The molecule has 7 nitrogen and oxygen atoms in total. The monoisotopic (exact) mass is 301 g/mol. The van der Waals surface area contributed by atoms with Crippen molar-refractivity contribution in [1.82, 2.24) is 9.03 Å². The molecular weight excluding hydrogens is 282 g/mol. The van der Waals surface area contributed by atoms with Crippen LogP contribution in [-0.2, 0) is 16.8 Å². The number of rotatable bonds is 7. The van der Waals surface area contributed by atoms with Crippen molar-refractivity contribution in [1.29, 1.82) is 0 Å². The molecule has 1 rings (SSSR count). The zero-order chi connectivity index (χ0) is 15.3. The van der Waals surface area contributed by atoms with Crippen LogP contribution in [0.4, 0.5) is 5.69 Å². The summed E-state index contributed by atoms with van der Waals surface area (Å²) in [5.74, 6) is 0. The van der Waals surface area contributed by atoms with Crippen LogP contribution in [0.1, 0.15) is 26.3 Å². The summed E-state index contributed by atoms with van der Waals surface area (Å²) >= 11 is 0. The maximum Gasteiger partial charge on any atom is 0.279 e. The SMILES string of the molecule is CCNS(=O)(=O)N(Cc1ccc([N+](=O)[O-])cc1)C(C)C. The molecule has 1 aromatic rings. The summed E-state index contributed by atoms with van der Waals surface area (Å²) < 4.78 is 27.9. The first-order valence-corrected chi connectivity index (χ1v) is 7.71. The van der Waals surface area contributed by atoms with Gasteiger partial charge in [-0.1, -0.05) is 19.1 Å². The Bertz CT molecular complexity index is 555. The number of hydrogen-bond acceptors (Lipinski definition) is 4. The lowest BCUT2D eigenvalue weighted by molar-refractivity contribution is -0.384. The average Bonchev–Trinajstić information content (AvgIpc) is 2.35. The second-order valence-electron chi connectivity index (χ2n) is 4.57.